The molecule has 3 heterocycles. The maximum Gasteiger partial charge on any atom is 0.253 e. The average molecular weight is 462 g/mol. The van der Waals surface area contributed by atoms with Gasteiger partial charge in [0, 0.05) is 60.8 Å². The number of fused-ring (bicyclic) bond motifs is 1. The van der Waals surface area contributed by atoms with Crippen molar-refractivity contribution < 1.29 is 4.79 Å². The number of H-pyrrole nitrogens is 1. The largest absolute Gasteiger partial charge is 0.336 e. The van der Waals surface area contributed by atoms with Gasteiger partial charge in [-0.15, -0.1) is 12.4 Å². The molecule has 0 atom stereocenters. The summed E-state index contributed by atoms with van der Waals surface area (Å²) >= 11 is 0. The lowest BCUT2D eigenvalue weighted by atomic mass is 10.1. The predicted octanol–water partition coefficient (Wildman–Crippen LogP) is 3.73. The zero-order valence-electron chi connectivity index (χ0n) is 17.9. The second-order valence-electron chi connectivity index (χ2n) is 7.60. The molecule has 1 saturated heterocycles. The highest BCUT2D eigenvalue weighted by Gasteiger charge is 2.17. The Bertz CT molecular complexity index is 1250. The molecule has 0 aliphatic carbocycles. The first-order chi connectivity index (χ1) is 15.8. The SMILES string of the molecule is Cl.O=C(c1ccc(Nc2ncc(/C=C/c3cccc4[nH]ncc34)cn2)cc1)N1CCNCC1. The van der Waals surface area contributed by atoms with E-state index in [0.717, 1.165) is 53.9 Å². The number of hydrogen-bond donors (Lipinski definition) is 3. The van der Waals surface area contributed by atoms with Crippen LogP contribution in [0.3, 0.4) is 0 Å². The summed E-state index contributed by atoms with van der Waals surface area (Å²) in [5, 5.41) is 14.6. The molecule has 2 aromatic heterocycles. The molecule has 1 amide bonds. The van der Waals surface area contributed by atoms with Crippen LogP contribution in [0.4, 0.5) is 11.6 Å². The van der Waals surface area contributed by atoms with E-state index < -0.39 is 0 Å². The number of amides is 1. The van der Waals surface area contributed by atoms with Crippen molar-refractivity contribution in [2.24, 2.45) is 0 Å². The minimum atomic E-state index is 0. The number of aromatic nitrogens is 4. The Kier molecular flexibility index (Phi) is 6.97. The monoisotopic (exact) mass is 461 g/mol. The van der Waals surface area contributed by atoms with Crippen molar-refractivity contribution >= 4 is 53.0 Å². The summed E-state index contributed by atoms with van der Waals surface area (Å²) in [4.78, 5) is 23.2. The van der Waals surface area contributed by atoms with Crippen LogP contribution >= 0.6 is 12.4 Å². The first-order valence-electron chi connectivity index (χ1n) is 10.6. The fourth-order valence-electron chi connectivity index (χ4n) is 3.69. The Morgan fingerprint density at radius 2 is 1.73 bits per heavy atom. The van der Waals surface area contributed by atoms with Gasteiger partial charge in [0.2, 0.25) is 5.95 Å². The summed E-state index contributed by atoms with van der Waals surface area (Å²) < 4.78 is 0. The van der Waals surface area contributed by atoms with Gasteiger partial charge < -0.3 is 15.5 Å². The summed E-state index contributed by atoms with van der Waals surface area (Å²) in [6.07, 6.45) is 9.36. The number of rotatable bonds is 5. The lowest BCUT2D eigenvalue weighted by molar-refractivity contribution is 0.0736. The van der Waals surface area contributed by atoms with Crippen LogP contribution in [-0.2, 0) is 0 Å². The van der Waals surface area contributed by atoms with Crippen molar-refractivity contribution in [1.82, 2.24) is 30.4 Å². The third-order valence-electron chi connectivity index (χ3n) is 5.44. The van der Waals surface area contributed by atoms with Crippen molar-refractivity contribution in [3.8, 4) is 0 Å². The van der Waals surface area contributed by atoms with Gasteiger partial charge in [-0.05, 0) is 35.9 Å². The topological polar surface area (TPSA) is 98.8 Å². The van der Waals surface area contributed by atoms with E-state index in [-0.39, 0.29) is 18.3 Å². The lowest BCUT2D eigenvalue weighted by Gasteiger charge is -2.27. The summed E-state index contributed by atoms with van der Waals surface area (Å²) in [6.45, 7) is 3.16. The Hall–Kier alpha value is -3.75. The van der Waals surface area contributed by atoms with E-state index in [1.807, 2.05) is 65.7 Å². The van der Waals surface area contributed by atoms with E-state index in [2.05, 4.69) is 30.8 Å². The minimum Gasteiger partial charge on any atom is -0.336 e. The highest BCUT2D eigenvalue weighted by Crippen LogP contribution is 2.19. The second kappa shape index (κ2) is 10.2. The van der Waals surface area contributed by atoms with E-state index in [4.69, 9.17) is 0 Å². The van der Waals surface area contributed by atoms with Gasteiger partial charge in [0.1, 0.15) is 0 Å². The zero-order chi connectivity index (χ0) is 21.8. The highest BCUT2D eigenvalue weighted by atomic mass is 35.5. The molecular weight excluding hydrogens is 438 g/mol. The molecule has 1 aliphatic rings. The number of nitrogens with zero attached hydrogens (tertiary/aromatic N) is 4. The maximum atomic E-state index is 12.6. The molecule has 0 radical (unpaired) electrons. The summed E-state index contributed by atoms with van der Waals surface area (Å²) in [7, 11) is 0. The van der Waals surface area contributed by atoms with Crippen LogP contribution in [-0.4, -0.2) is 57.2 Å². The van der Waals surface area contributed by atoms with E-state index in [1.54, 1.807) is 12.4 Å². The van der Waals surface area contributed by atoms with E-state index in [9.17, 15) is 4.79 Å². The van der Waals surface area contributed by atoms with Crippen molar-refractivity contribution in [3.63, 3.8) is 0 Å². The van der Waals surface area contributed by atoms with E-state index in [1.165, 1.54) is 0 Å². The van der Waals surface area contributed by atoms with Gasteiger partial charge in [0.25, 0.3) is 5.91 Å². The van der Waals surface area contributed by atoms with Crippen LogP contribution in [0.1, 0.15) is 21.5 Å². The number of nitrogens with one attached hydrogen (secondary N) is 3. The fraction of sp³-hybridized carbons (Fsp3) is 0.167. The minimum absolute atomic E-state index is 0. The van der Waals surface area contributed by atoms with E-state index >= 15 is 0 Å². The van der Waals surface area contributed by atoms with Gasteiger partial charge in [-0.1, -0.05) is 24.3 Å². The Morgan fingerprint density at radius 1 is 0.970 bits per heavy atom. The molecule has 1 fully saturated rings. The summed E-state index contributed by atoms with van der Waals surface area (Å²) in [6, 6.07) is 13.4. The van der Waals surface area contributed by atoms with Crippen molar-refractivity contribution in [2.75, 3.05) is 31.5 Å². The first kappa shape index (κ1) is 22.4. The van der Waals surface area contributed by atoms with Crippen LogP contribution in [0.25, 0.3) is 23.1 Å². The van der Waals surface area contributed by atoms with Gasteiger partial charge in [-0.25, -0.2) is 9.97 Å². The van der Waals surface area contributed by atoms with Gasteiger partial charge in [-0.3, -0.25) is 9.89 Å². The van der Waals surface area contributed by atoms with Crippen LogP contribution < -0.4 is 10.6 Å². The third-order valence-corrected chi connectivity index (χ3v) is 5.44. The Labute approximate surface area is 197 Å². The number of aromatic amines is 1. The molecular formula is C24H24ClN7O. The average Bonchev–Trinajstić information content (AvgIpc) is 3.34. The van der Waals surface area contributed by atoms with Gasteiger partial charge >= 0.3 is 0 Å². The number of carbonyl (C=O) groups is 1. The highest BCUT2D eigenvalue weighted by molar-refractivity contribution is 5.94. The molecule has 2 aromatic carbocycles. The van der Waals surface area contributed by atoms with Crippen LogP contribution in [0, 0.1) is 0 Å². The van der Waals surface area contributed by atoms with Crippen LogP contribution in [0.2, 0.25) is 0 Å². The van der Waals surface area contributed by atoms with Crippen LogP contribution in [0.15, 0.2) is 61.1 Å². The summed E-state index contributed by atoms with van der Waals surface area (Å²) in [5.74, 6) is 0.566. The lowest BCUT2D eigenvalue weighted by Crippen LogP contribution is -2.46. The predicted molar refractivity (Wildman–Crippen MR) is 133 cm³/mol. The third kappa shape index (κ3) is 5.19. The van der Waals surface area contributed by atoms with Crippen molar-refractivity contribution in [2.45, 2.75) is 0 Å². The molecule has 0 bridgehead atoms. The fourth-order valence-corrected chi connectivity index (χ4v) is 3.69. The molecule has 0 unspecified atom stereocenters. The molecule has 5 rings (SSSR count). The maximum absolute atomic E-state index is 12.6. The summed E-state index contributed by atoms with van der Waals surface area (Å²) in [5.41, 5.74) is 4.49. The Morgan fingerprint density at radius 3 is 2.48 bits per heavy atom. The number of piperazine rings is 1. The van der Waals surface area contributed by atoms with Crippen molar-refractivity contribution in [3.05, 3.63) is 77.7 Å². The molecule has 8 nitrogen and oxygen atoms in total. The number of anilines is 2. The van der Waals surface area contributed by atoms with Crippen molar-refractivity contribution in [1.29, 1.82) is 0 Å². The number of halogens is 1. The second-order valence-corrected chi connectivity index (χ2v) is 7.60. The first-order valence-corrected chi connectivity index (χ1v) is 10.6. The number of hydrogen-bond acceptors (Lipinski definition) is 6. The standard InChI is InChI=1S/C24H23N7O.ClH/c32-23(31-12-10-25-11-13-31)19-6-8-20(9-7-19)29-24-26-14-17(15-27-24)4-5-18-2-1-3-22-21(18)16-28-30-22;/h1-9,14-16,25H,10-13H2,(H,28,30)(H,26,27,29);1H/b5-4+;. The molecule has 0 saturated carbocycles. The smallest absolute Gasteiger partial charge is 0.253 e. The molecule has 1 aliphatic heterocycles. The molecule has 9 heteroatoms. The number of benzene rings is 2. The molecule has 3 N–H and O–H groups in total. The zero-order valence-corrected chi connectivity index (χ0v) is 18.7. The molecule has 33 heavy (non-hydrogen) atoms. The van der Waals surface area contributed by atoms with E-state index in [0.29, 0.717) is 11.5 Å². The normalized spacial score (nSPS) is 13.8. The van der Waals surface area contributed by atoms with Crippen LogP contribution in [0.5, 0.6) is 0 Å². The number of carbonyl (C=O) groups excluding carboxylic acids is 1. The molecule has 168 valence electrons. The van der Waals surface area contributed by atoms with Gasteiger partial charge in [0.15, 0.2) is 0 Å². The molecule has 0 spiro atoms. The Balaban J connectivity index is 0.00000259. The van der Waals surface area contributed by atoms with Gasteiger partial charge in [-0.2, -0.15) is 5.10 Å². The molecule has 4 aromatic rings. The quantitative estimate of drug-likeness (QED) is 0.419. The van der Waals surface area contributed by atoms with Gasteiger partial charge in [0.05, 0.1) is 11.7 Å².